The first kappa shape index (κ1) is 25.1. The number of amides is 3. The number of nitrogens with one attached hydrogen (secondary N) is 3. The van der Waals surface area contributed by atoms with Gasteiger partial charge in [-0.2, -0.15) is 11.8 Å². The minimum Gasteiger partial charge on any atom is -0.480 e. The SMILES string of the molecule is CCC(C)C(NC(=O)CNC(=O)C(N)CO)C(=O)NC(CCSC)C(=O)O. The van der Waals surface area contributed by atoms with Crippen LogP contribution in [0.1, 0.15) is 26.7 Å². The maximum atomic E-state index is 12.5. The van der Waals surface area contributed by atoms with Gasteiger partial charge in [-0.05, 0) is 24.3 Å². The van der Waals surface area contributed by atoms with Crippen LogP contribution in [0, 0.1) is 5.92 Å². The second kappa shape index (κ2) is 13.3. The summed E-state index contributed by atoms with van der Waals surface area (Å²) >= 11 is 1.47. The number of aliphatic hydroxyl groups is 1. The molecule has 0 fully saturated rings. The Kier molecular flexibility index (Phi) is 12.4. The number of carboxylic acids is 1. The lowest BCUT2D eigenvalue weighted by Gasteiger charge is -2.25. The molecule has 0 radical (unpaired) electrons. The first-order valence-electron chi connectivity index (χ1n) is 8.63. The van der Waals surface area contributed by atoms with E-state index in [1.54, 1.807) is 6.92 Å². The van der Waals surface area contributed by atoms with E-state index >= 15 is 0 Å². The van der Waals surface area contributed by atoms with Crippen LogP contribution in [-0.4, -0.2) is 77.2 Å². The minimum atomic E-state index is -1.14. The standard InChI is InChI=1S/C16H30N4O6S/c1-4-9(2)13(15(24)19-11(16(25)26)5-6-27-3)20-12(22)7-18-14(23)10(17)8-21/h9-11,13,21H,4-8,17H2,1-3H3,(H,18,23)(H,19,24)(H,20,22)(H,25,26). The molecule has 0 spiro atoms. The third-order valence-electron chi connectivity index (χ3n) is 3.99. The van der Waals surface area contributed by atoms with Crippen LogP contribution in [0.15, 0.2) is 0 Å². The Morgan fingerprint density at radius 2 is 1.78 bits per heavy atom. The third-order valence-corrected chi connectivity index (χ3v) is 4.64. The Morgan fingerprint density at radius 3 is 2.26 bits per heavy atom. The van der Waals surface area contributed by atoms with Crippen molar-refractivity contribution in [2.45, 2.75) is 44.8 Å². The van der Waals surface area contributed by atoms with E-state index in [-0.39, 0.29) is 12.3 Å². The first-order chi connectivity index (χ1) is 12.7. The molecule has 0 rings (SSSR count). The average molecular weight is 407 g/mol. The normalized spacial score (nSPS) is 15.1. The van der Waals surface area contributed by atoms with Gasteiger partial charge in [-0.25, -0.2) is 4.79 Å². The molecule has 0 heterocycles. The fraction of sp³-hybridized carbons (Fsp3) is 0.750. The zero-order valence-electron chi connectivity index (χ0n) is 15.9. The molecule has 156 valence electrons. The smallest absolute Gasteiger partial charge is 0.326 e. The molecule has 0 aromatic heterocycles. The predicted molar refractivity (Wildman–Crippen MR) is 102 cm³/mol. The Morgan fingerprint density at radius 1 is 1.15 bits per heavy atom. The molecule has 4 atom stereocenters. The Bertz CT molecular complexity index is 519. The number of thioether (sulfide) groups is 1. The van der Waals surface area contributed by atoms with Crippen LogP contribution in [0.2, 0.25) is 0 Å². The van der Waals surface area contributed by atoms with Gasteiger partial charge in [-0.3, -0.25) is 14.4 Å². The number of aliphatic hydroxyl groups excluding tert-OH is 1. The summed E-state index contributed by atoms with van der Waals surface area (Å²) < 4.78 is 0. The molecule has 0 aliphatic carbocycles. The van der Waals surface area contributed by atoms with Crippen molar-refractivity contribution in [3.8, 4) is 0 Å². The number of carbonyl (C=O) groups excluding carboxylic acids is 3. The van der Waals surface area contributed by atoms with E-state index in [4.69, 9.17) is 10.8 Å². The fourth-order valence-corrected chi connectivity index (χ4v) is 2.53. The highest BCUT2D eigenvalue weighted by Gasteiger charge is 2.29. The zero-order valence-corrected chi connectivity index (χ0v) is 16.7. The largest absolute Gasteiger partial charge is 0.480 e. The summed E-state index contributed by atoms with van der Waals surface area (Å²) in [6.45, 7) is 2.61. The first-order valence-corrected chi connectivity index (χ1v) is 10.0. The Balaban J connectivity index is 4.90. The van der Waals surface area contributed by atoms with Gasteiger partial charge < -0.3 is 31.9 Å². The van der Waals surface area contributed by atoms with Crippen LogP contribution in [0.3, 0.4) is 0 Å². The molecular weight excluding hydrogens is 376 g/mol. The second-order valence-electron chi connectivity index (χ2n) is 6.12. The van der Waals surface area contributed by atoms with Crippen LogP contribution >= 0.6 is 11.8 Å². The second-order valence-corrected chi connectivity index (χ2v) is 7.10. The van der Waals surface area contributed by atoms with Crippen LogP contribution < -0.4 is 21.7 Å². The van der Waals surface area contributed by atoms with Gasteiger partial charge in [-0.1, -0.05) is 20.3 Å². The summed E-state index contributed by atoms with van der Waals surface area (Å²) in [5.41, 5.74) is 5.33. The van der Waals surface area contributed by atoms with Crippen molar-refractivity contribution in [2.24, 2.45) is 11.7 Å². The number of carbonyl (C=O) groups is 4. The lowest BCUT2D eigenvalue weighted by atomic mass is 9.97. The van der Waals surface area contributed by atoms with E-state index < -0.39 is 55.0 Å². The van der Waals surface area contributed by atoms with Crippen LogP contribution in [0.5, 0.6) is 0 Å². The van der Waals surface area contributed by atoms with E-state index in [1.165, 1.54) is 11.8 Å². The van der Waals surface area contributed by atoms with Gasteiger partial charge in [0, 0.05) is 0 Å². The lowest BCUT2D eigenvalue weighted by Crippen LogP contribution is -2.56. The molecule has 10 nitrogen and oxygen atoms in total. The Hall–Kier alpha value is -1.85. The monoisotopic (exact) mass is 406 g/mol. The number of aliphatic carboxylic acids is 1. The quantitative estimate of drug-likeness (QED) is 0.210. The summed E-state index contributed by atoms with van der Waals surface area (Å²) in [6.07, 6.45) is 2.67. The van der Waals surface area contributed by atoms with Crippen molar-refractivity contribution in [1.82, 2.24) is 16.0 Å². The molecule has 7 N–H and O–H groups in total. The Labute approximate surface area is 163 Å². The molecule has 0 aromatic carbocycles. The van der Waals surface area contributed by atoms with Crippen molar-refractivity contribution in [2.75, 3.05) is 25.2 Å². The highest BCUT2D eigenvalue weighted by molar-refractivity contribution is 7.98. The molecule has 0 saturated carbocycles. The number of nitrogens with two attached hydrogens (primary N) is 1. The average Bonchev–Trinajstić information content (AvgIpc) is 2.65. The van der Waals surface area contributed by atoms with Crippen molar-refractivity contribution >= 4 is 35.5 Å². The molecule has 0 saturated heterocycles. The summed E-state index contributed by atoms with van der Waals surface area (Å²) in [5, 5.41) is 25.3. The summed E-state index contributed by atoms with van der Waals surface area (Å²) in [6, 6.07) is -3.13. The van der Waals surface area contributed by atoms with E-state index in [1.807, 2.05) is 13.2 Å². The number of hydrogen-bond donors (Lipinski definition) is 6. The fourth-order valence-electron chi connectivity index (χ4n) is 2.06. The van der Waals surface area contributed by atoms with Crippen LogP contribution in [0.25, 0.3) is 0 Å². The van der Waals surface area contributed by atoms with Crippen molar-refractivity contribution in [3.05, 3.63) is 0 Å². The lowest BCUT2D eigenvalue weighted by molar-refractivity contribution is -0.142. The maximum Gasteiger partial charge on any atom is 0.326 e. The highest BCUT2D eigenvalue weighted by Crippen LogP contribution is 2.09. The number of hydrogen-bond acceptors (Lipinski definition) is 7. The maximum absolute atomic E-state index is 12.5. The van der Waals surface area contributed by atoms with Crippen LogP contribution in [-0.2, 0) is 19.2 Å². The number of rotatable bonds is 13. The summed E-state index contributed by atoms with van der Waals surface area (Å²) in [7, 11) is 0. The minimum absolute atomic E-state index is 0.251. The van der Waals surface area contributed by atoms with Crippen LogP contribution in [0.4, 0.5) is 0 Å². The van der Waals surface area contributed by atoms with Crippen molar-refractivity contribution in [3.63, 3.8) is 0 Å². The molecule has 27 heavy (non-hydrogen) atoms. The molecule has 0 aliphatic rings. The molecule has 0 bridgehead atoms. The van der Waals surface area contributed by atoms with Gasteiger partial charge >= 0.3 is 5.97 Å². The van der Waals surface area contributed by atoms with E-state index in [0.29, 0.717) is 12.2 Å². The van der Waals surface area contributed by atoms with Gasteiger partial charge in [0.05, 0.1) is 13.2 Å². The summed E-state index contributed by atoms with van der Waals surface area (Å²) in [4.78, 5) is 47.4. The molecule has 4 unspecified atom stereocenters. The van der Waals surface area contributed by atoms with E-state index in [2.05, 4.69) is 16.0 Å². The van der Waals surface area contributed by atoms with Gasteiger partial charge in [0.15, 0.2) is 0 Å². The highest BCUT2D eigenvalue weighted by atomic mass is 32.2. The summed E-state index contributed by atoms with van der Waals surface area (Å²) in [5.74, 6) is -2.74. The predicted octanol–water partition coefficient (Wildman–Crippen LogP) is -1.72. The molecule has 3 amide bonds. The molecule has 0 aliphatic heterocycles. The van der Waals surface area contributed by atoms with Crippen molar-refractivity contribution in [1.29, 1.82) is 0 Å². The van der Waals surface area contributed by atoms with E-state index in [0.717, 1.165) is 0 Å². The molecule has 11 heteroatoms. The van der Waals surface area contributed by atoms with Gasteiger partial charge in [0.1, 0.15) is 18.1 Å². The van der Waals surface area contributed by atoms with Gasteiger partial charge in [0.25, 0.3) is 0 Å². The zero-order chi connectivity index (χ0) is 21.0. The van der Waals surface area contributed by atoms with Crippen molar-refractivity contribution < 1.29 is 29.4 Å². The molecular formula is C16H30N4O6S. The number of carboxylic acid groups (broad SMARTS) is 1. The topological polar surface area (TPSA) is 171 Å². The third kappa shape index (κ3) is 9.59. The van der Waals surface area contributed by atoms with Gasteiger partial charge in [0.2, 0.25) is 17.7 Å². The van der Waals surface area contributed by atoms with Gasteiger partial charge in [-0.15, -0.1) is 0 Å². The van der Waals surface area contributed by atoms with E-state index in [9.17, 15) is 24.3 Å². The molecule has 0 aromatic rings.